The van der Waals surface area contributed by atoms with Crippen molar-refractivity contribution in [3.05, 3.63) is 42.5 Å². The molecule has 2 rings (SSSR count). The third-order valence-corrected chi connectivity index (χ3v) is 2.50. The van der Waals surface area contributed by atoms with Crippen LogP contribution in [0, 0.1) is 0 Å². The summed E-state index contributed by atoms with van der Waals surface area (Å²) >= 11 is 0. The van der Waals surface area contributed by atoms with E-state index < -0.39 is 0 Å². The summed E-state index contributed by atoms with van der Waals surface area (Å²) in [4.78, 5) is 12.3. The van der Waals surface area contributed by atoms with E-state index in [9.17, 15) is 0 Å². The second-order valence-corrected chi connectivity index (χ2v) is 3.92. The van der Waals surface area contributed by atoms with E-state index in [2.05, 4.69) is 25.6 Å². The average Bonchev–Trinajstić information content (AvgIpc) is 2.47. The van der Waals surface area contributed by atoms with Crippen LogP contribution >= 0.6 is 0 Å². The van der Waals surface area contributed by atoms with Gasteiger partial charge in [0.05, 0.1) is 6.61 Å². The van der Waals surface area contributed by atoms with Crippen LogP contribution in [0.2, 0.25) is 0 Å². The van der Waals surface area contributed by atoms with E-state index in [1.807, 2.05) is 18.2 Å². The zero-order chi connectivity index (χ0) is 13.3. The molecule has 0 atom stereocenters. The van der Waals surface area contributed by atoms with E-state index >= 15 is 0 Å². The van der Waals surface area contributed by atoms with Gasteiger partial charge in [0, 0.05) is 38.7 Å². The van der Waals surface area contributed by atoms with Gasteiger partial charge >= 0.3 is 0 Å². The number of methoxy groups -OCH3 is 1. The van der Waals surface area contributed by atoms with E-state index in [-0.39, 0.29) is 0 Å². The van der Waals surface area contributed by atoms with Gasteiger partial charge in [-0.15, -0.1) is 0 Å². The summed E-state index contributed by atoms with van der Waals surface area (Å²) in [5.74, 6) is 1.57. The van der Waals surface area contributed by atoms with Gasteiger partial charge in [0.2, 0.25) is 0 Å². The molecule has 0 saturated carbocycles. The average molecular weight is 259 g/mol. The quantitative estimate of drug-likeness (QED) is 0.735. The predicted octanol–water partition coefficient (Wildman–Crippen LogP) is 1.54. The Labute approximate surface area is 112 Å². The fourth-order valence-electron chi connectivity index (χ4n) is 1.53. The number of hydrogen-bond donors (Lipinski definition) is 2. The number of anilines is 2. The first-order valence-electron chi connectivity index (χ1n) is 6.06. The molecule has 6 nitrogen and oxygen atoms in total. The molecular formula is C13H17N5O. The lowest BCUT2D eigenvalue weighted by molar-refractivity contribution is 0.210. The third kappa shape index (κ3) is 4.51. The molecule has 0 fully saturated rings. The van der Waals surface area contributed by atoms with E-state index in [4.69, 9.17) is 4.74 Å². The predicted molar refractivity (Wildman–Crippen MR) is 74.0 cm³/mol. The fraction of sp³-hybridized carbons (Fsp3) is 0.308. The summed E-state index contributed by atoms with van der Waals surface area (Å²) in [5.41, 5.74) is 1.16. The van der Waals surface area contributed by atoms with Gasteiger partial charge in [-0.25, -0.2) is 9.97 Å². The van der Waals surface area contributed by atoms with Gasteiger partial charge in [0.15, 0.2) is 0 Å². The normalized spacial score (nSPS) is 10.2. The van der Waals surface area contributed by atoms with E-state index in [1.54, 1.807) is 19.5 Å². The molecule has 2 heterocycles. The maximum atomic E-state index is 4.97. The van der Waals surface area contributed by atoms with Crippen molar-refractivity contribution in [3.8, 4) is 0 Å². The van der Waals surface area contributed by atoms with Crippen LogP contribution in [0.15, 0.2) is 36.9 Å². The molecule has 100 valence electrons. The molecule has 2 N–H and O–H groups in total. The minimum absolute atomic E-state index is 0.643. The monoisotopic (exact) mass is 259 g/mol. The molecule has 2 aromatic rings. The number of ether oxygens (including phenoxy) is 1. The Morgan fingerprint density at radius 1 is 1.11 bits per heavy atom. The van der Waals surface area contributed by atoms with Crippen molar-refractivity contribution in [2.75, 3.05) is 30.9 Å². The minimum atomic E-state index is 0.643. The lowest BCUT2D eigenvalue weighted by Gasteiger charge is -2.08. The summed E-state index contributed by atoms with van der Waals surface area (Å²) in [6, 6.07) is 5.80. The van der Waals surface area contributed by atoms with Gasteiger partial charge in [0.1, 0.15) is 18.0 Å². The van der Waals surface area contributed by atoms with Gasteiger partial charge < -0.3 is 15.4 Å². The number of rotatable bonds is 7. The van der Waals surface area contributed by atoms with Crippen molar-refractivity contribution >= 4 is 11.6 Å². The Kier molecular flexibility index (Phi) is 5.06. The first kappa shape index (κ1) is 13.2. The highest BCUT2D eigenvalue weighted by atomic mass is 16.5. The Balaban J connectivity index is 1.88. The van der Waals surface area contributed by atoms with Crippen molar-refractivity contribution in [3.63, 3.8) is 0 Å². The van der Waals surface area contributed by atoms with Gasteiger partial charge in [-0.2, -0.15) is 0 Å². The van der Waals surface area contributed by atoms with Crippen LogP contribution in [0.1, 0.15) is 5.56 Å². The highest BCUT2D eigenvalue weighted by molar-refractivity contribution is 5.46. The molecule has 6 heteroatoms. The maximum Gasteiger partial charge on any atom is 0.131 e. The molecule has 2 aromatic heterocycles. The molecule has 19 heavy (non-hydrogen) atoms. The zero-order valence-electron chi connectivity index (χ0n) is 10.8. The summed E-state index contributed by atoms with van der Waals surface area (Å²) in [7, 11) is 1.67. The molecule has 0 amide bonds. The Morgan fingerprint density at radius 3 is 2.58 bits per heavy atom. The van der Waals surface area contributed by atoms with E-state index in [0.717, 1.165) is 23.7 Å². The van der Waals surface area contributed by atoms with E-state index in [1.165, 1.54) is 6.33 Å². The van der Waals surface area contributed by atoms with Gasteiger partial charge in [-0.3, -0.25) is 4.98 Å². The largest absolute Gasteiger partial charge is 0.383 e. The van der Waals surface area contributed by atoms with Gasteiger partial charge in [-0.1, -0.05) is 0 Å². The standard InChI is InChI=1S/C13H17N5O/c1-19-7-6-15-12-8-13(18-10-17-12)16-9-11-2-4-14-5-3-11/h2-5,8,10H,6-7,9H2,1H3,(H2,15,16,17,18). The summed E-state index contributed by atoms with van der Waals surface area (Å²) in [5, 5.41) is 6.40. The van der Waals surface area contributed by atoms with Crippen LogP contribution in [0.3, 0.4) is 0 Å². The smallest absolute Gasteiger partial charge is 0.131 e. The Bertz CT molecular complexity index is 491. The van der Waals surface area contributed by atoms with Crippen LogP contribution in [0.5, 0.6) is 0 Å². The fourth-order valence-corrected chi connectivity index (χ4v) is 1.53. The second kappa shape index (κ2) is 7.27. The topological polar surface area (TPSA) is 72.0 Å². The lowest BCUT2D eigenvalue weighted by atomic mass is 10.3. The second-order valence-electron chi connectivity index (χ2n) is 3.92. The van der Waals surface area contributed by atoms with Gasteiger partial charge in [-0.05, 0) is 17.7 Å². The van der Waals surface area contributed by atoms with Crippen LogP contribution < -0.4 is 10.6 Å². The van der Waals surface area contributed by atoms with Crippen LogP contribution in [0.25, 0.3) is 0 Å². The highest BCUT2D eigenvalue weighted by Crippen LogP contribution is 2.09. The molecule has 0 aliphatic carbocycles. The molecule has 0 aliphatic heterocycles. The lowest BCUT2D eigenvalue weighted by Crippen LogP contribution is -2.09. The Hall–Kier alpha value is -2.21. The van der Waals surface area contributed by atoms with Crippen molar-refractivity contribution in [2.24, 2.45) is 0 Å². The number of pyridine rings is 1. The summed E-state index contributed by atoms with van der Waals surface area (Å²) in [6.45, 7) is 2.07. The molecular weight excluding hydrogens is 242 g/mol. The first-order valence-corrected chi connectivity index (χ1v) is 6.06. The SMILES string of the molecule is COCCNc1cc(NCc2ccncc2)ncn1. The minimum Gasteiger partial charge on any atom is -0.383 e. The zero-order valence-corrected chi connectivity index (χ0v) is 10.8. The molecule has 0 spiro atoms. The number of hydrogen-bond acceptors (Lipinski definition) is 6. The van der Waals surface area contributed by atoms with Crippen LogP contribution in [0.4, 0.5) is 11.6 Å². The molecule has 0 unspecified atom stereocenters. The van der Waals surface area contributed by atoms with Crippen LogP contribution in [-0.4, -0.2) is 35.2 Å². The summed E-state index contributed by atoms with van der Waals surface area (Å²) < 4.78 is 4.97. The van der Waals surface area contributed by atoms with E-state index in [0.29, 0.717) is 13.2 Å². The molecule has 0 aliphatic rings. The third-order valence-electron chi connectivity index (χ3n) is 2.50. The number of nitrogens with zero attached hydrogens (tertiary/aromatic N) is 3. The first-order chi connectivity index (χ1) is 9.38. The Morgan fingerprint density at radius 2 is 1.84 bits per heavy atom. The highest BCUT2D eigenvalue weighted by Gasteiger charge is 1.98. The maximum absolute atomic E-state index is 4.97. The van der Waals surface area contributed by atoms with Crippen molar-refractivity contribution in [2.45, 2.75) is 6.54 Å². The van der Waals surface area contributed by atoms with Crippen molar-refractivity contribution < 1.29 is 4.74 Å². The molecule has 0 saturated heterocycles. The number of nitrogens with one attached hydrogen (secondary N) is 2. The van der Waals surface area contributed by atoms with Crippen molar-refractivity contribution in [1.29, 1.82) is 0 Å². The summed E-state index contributed by atoms with van der Waals surface area (Å²) in [6.07, 6.45) is 5.08. The molecule has 0 radical (unpaired) electrons. The molecule has 0 aromatic carbocycles. The van der Waals surface area contributed by atoms with Crippen LogP contribution in [-0.2, 0) is 11.3 Å². The number of aromatic nitrogens is 3. The molecule has 0 bridgehead atoms. The van der Waals surface area contributed by atoms with Crippen molar-refractivity contribution in [1.82, 2.24) is 15.0 Å². The van der Waals surface area contributed by atoms with Gasteiger partial charge in [0.25, 0.3) is 0 Å².